The average molecular weight is 322 g/mol. The molecular formula is C16H22N2O5. The van der Waals surface area contributed by atoms with Crippen molar-refractivity contribution in [1.29, 1.82) is 0 Å². The normalized spacial score (nSPS) is 17.7. The summed E-state index contributed by atoms with van der Waals surface area (Å²) >= 11 is 0. The van der Waals surface area contributed by atoms with E-state index in [0.29, 0.717) is 29.4 Å². The lowest BCUT2D eigenvalue weighted by Gasteiger charge is -2.17. The largest absolute Gasteiger partial charge is 0.493 e. The van der Waals surface area contributed by atoms with Gasteiger partial charge < -0.3 is 24.8 Å². The van der Waals surface area contributed by atoms with E-state index in [4.69, 9.17) is 14.2 Å². The number of benzene rings is 1. The summed E-state index contributed by atoms with van der Waals surface area (Å²) in [6, 6.07) is 3.00. The molecule has 0 bridgehead atoms. The van der Waals surface area contributed by atoms with Crippen LogP contribution in [0.15, 0.2) is 12.1 Å². The highest BCUT2D eigenvalue weighted by Crippen LogP contribution is 2.38. The minimum atomic E-state index is -0.274. The van der Waals surface area contributed by atoms with Crippen molar-refractivity contribution in [3.05, 3.63) is 17.7 Å². The lowest BCUT2D eigenvalue weighted by molar-refractivity contribution is -0.121. The Balaban J connectivity index is 2.19. The number of ether oxygens (including phenoxy) is 3. The Morgan fingerprint density at radius 3 is 2.39 bits per heavy atom. The van der Waals surface area contributed by atoms with Crippen molar-refractivity contribution in [3.63, 3.8) is 0 Å². The first-order chi connectivity index (χ1) is 11.1. The second kappa shape index (κ2) is 7.71. The molecule has 0 saturated carbocycles. The zero-order valence-corrected chi connectivity index (χ0v) is 13.6. The molecule has 0 aliphatic carbocycles. The molecule has 1 fully saturated rings. The molecule has 1 aromatic rings. The number of rotatable bonds is 5. The Labute approximate surface area is 135 Å². The summed E-state index contributed by atoms with van der Waals surface area (Å²) in [6.07, 6.45) is 1.89. The molecule has 0 unspecified atom stereocenters. The standard InChI is InChI=1S/C16H22N2O5/c1-21-12-7-10(8-13(22-2)15(12)23-3)16(20)18-11-5-4-6-17-14(19)9-11/h7-8,11H,4-6,9H2,1-3H3,(H,17,19)(H,18,20)/t11-/m0/s1. The Morgan fingerprint density at radius 1 is 1.17 bits per heavy atom. The van der Waals surface area contributed by atoms with E-state index in [1.165, 1.54) is 21.3 Å². The van der Waals surface area contributed by atoms with E-state index in [9.17, 15) is 9.59 Å². The van der Waals surface area contributed by atoms with Crippen molar-refractivity contribution in [2.24, 2.45) is 0 Å². The molecule has 23 heavy (non-hydrogen) atoms. The maximum Gasteiger partial charge on any atom is 0.251 e. The first kappa shape index (κ1) is 16.9. The van der Waals surface area contributed by atoms with E-state index in [-0.39, 0.29) is 24.3 Å². The zero-order valence-electron chi connectivity index (χ0n) is 13.6. The molecule has 1 heterocycles. The highest BCUT2D eigenvalue weighted by Gasteiger charge is 2.22. The molecule has 2 N–H and O–H groups in total. The van der Waals surface area contributed by atoms with Gasteiger partial charge in [0.25, 0.3) is 5.91 Å². The maximum atomic E-state index is 12.5. The molecule has 0 aromatic heterocycles. The molecule has 2 rings (SSSR count). The third kappa shape index (κ3) is 4.06. The fraction of sp³-hybridized carbons (Fsp3) is 0.500. The molecule has 0 radical (unpaired) electrons. The Kier molecular flexibility index (Phi) is 5.67. The van der Waals surface area contributed by atoms with E-state index in [0.717, 1.165) is 12.8 Å². The van der Waals surface area contributed by atoms with Gasteiger partial charge in [-0.3, -0.25) is 9.59 Å². The van der Waals surface area contributed by atoms with Crippen LogP contribution in [0.3, 0.4) is 0 Å². The second-order valence-electron chi connectivity index (χ2n) is 5.28. The summed E-state index contributed by atoms with van der Waals surface area (Å²) in [6.45, 7) is 0.648. The topological polar surface area (TPSA) is 85.9 Å². The molecule has 1 saturated heterocycles. The maximum absolute atomic E-state index is 12.5. The van der Waals surface area contributed by atoms with Crippen molar-refractivity contribution in [2.75, 3.05) is 27.9 Å². The summed E-state index contributed by atoms with van der Waals surface area (Å²) in [5, 5.41) is 5.69. The van der Waals surface area contributed by atoms with Gasteiger partial charge in [-0.1, -0.05) is 0 Å². The van der Waals surface area contributed by atoms with Gasteiger partial charge in [0.2, 0.25) is 11.7 Å². The summed E-state index contributed by atoms with van der Waals surface area (Å²) in [5.74, 6) is 0.938. The predicted octanol–water partition coefficient (Wildman–Crippen LogP) is 1.11. The van der Waals surface area contributed by atoms with Crippen LogP contribution in [0.5, 0.6) is 17.2 Å². The lowest BCUT2D eigenvalue weighted by Crippen LogP contribution is -2.36. The number of amides is 2. The third-order valence-electron chi connectivity index (χ3n) is 3.75. The van der Waals surface area contributed by atoms with Crippen LogP contribution in [0, 0.1) is 0 Å². The molecule has 7 nitrogen and oxygen atoms in total. The van der Waals surface area contributed by atoms with E-state index in [1.54, 1.807) is 12.1 Å². The van der Waals surface area contributed by atoms with E-state index >= 15 is 0 Å². The van der Waals surface area contributed by atoms with Crippen LogP contribution in [0.1, 0.15) is 29.6 Å². The summed E-state index contributed by atoms with van der Waals surface area (Å²) in [5.41, 5.74) is 0.393. The molecule has 2 amide bonds. The first-order valence-corrected chi connectivity index (χ1v) is 7.46. The highest BCUT2D eigenvalue weighted by molar-refractivity contribution is 5.96. The van der Waals surface area contributed by atoms with Crippen molar-refractivity contribution in [3.8, 4) is 17.2 Å². The molecule has 7 heteroatoms. The fourth-order valence-electron chi connectivity index (χ4n) is 2.58. The van der Waals surface area contributed by atoms with Crippen LogP contribution in [0.4, 0.5) is 0 Å². The van der Waals surface area contributed by atoms with Crippen LogP contribution >= 0.6 is 0 Å². The lowest BCUT2D eigenvalue weighted by atomic mass is 10.1. The molecule has 1 aliphatic rings. The Hall–Kier alpha value is -2.44. The Bertz CT molecular complexity index is 563. The monoisotopic (exact) mass is 322 g/mol. The molecule has 1 aliphatic heterocycles. The number of carbonyl (C=O) groups excluding carboxylic acids is 2. The van der Waals surface area contributed by atoms with Gasteiger partial charge in [-0.25, -0.2) is 0 Å². The van der Waals surface area contributed by atoms with E-state index in [1.807, 2.05) is 0 Å². The average Bonchev–Trinajstić information content (AvgIpc) is 2.77. The van der Waals surface area contributed by atoms with Crippen LogP contribution in [0.2, 0.25) is 0 Å². The quantitative estimate of drug-likeness (QED) is 0.848. The van der Waals surface area contributed by atoms with Gasteiger partial charge in [-0.2, -0.15) is 0 Å². The van der Waals surface area contributed by atoms with Gasteiger partial charge >= 0.3 is 0 Å². The highest BCUT2D eigenvalue weighted by atomic mass is 16.5. The minimum absolute atomic E-state index is 0.0438. The van der Waals surface area contributed by atoms with E-state index < -0.39 is 0 Å². The fourth-order valence-corrected chi connectivity index (χ4v) is 2.58. The summed E-state index contributed by atoms with van der Waals surface area (Å²) in [7, 11) is 4.49. The smallest absolute Gasteiger partial charge is 0.251 e. The van der Waals surface area contributed by atoms with E-state index in [2.05, 4.69) is 10.6 Å². The molecule has 1 aromatic carbocycles. The number of methoxy groups -OCH3 is 3. The predicted molar refractivity (Wildman–Crippen MR) is 84.2 cm³/mol. The number of carbonyl (C=O) groups is 2. The van der Waals surface area contributed by atoms with Crippen molar-refractivity contribution >= 4 is 11.8 Å². The third-order valence-corrected chi connectivity index (χ3v) is 3.75. The summed E-state index contributed by atoms with van der Waals surface area (Å²) in [4.78, 5) is 24.0. The van der Waals surface area contributed by atoms with Crippen LogP contribution in [-0.4, -0.2) is 45.7 Å². The van der Waals surface area contributed by atoms with Gasteiger partial charge in [-0.15, -0.1) is 0 Å². The molecular weight excluding hydrogens is 300 g/mol. The van der Waals surface area contributed by atoms with Gasteiger partial charge in [0.1, 0.15) is 0 Å². The van der Waals surface area contributed by atoms with Crippen LogP contribution < -0.4 is 24.8 Å². The van der Waals surface area contributed by atoms with Crippen molar-refractivity contribution in [1.82, 2.24) is 10.6 Å². The number of nitrogens with one attached hydrogen (secondary N) is 2. The SMILES string of the molecule is COc1cc(C(=O)N[C@H]2CCCNC(=O)C2)cc(OC)c1OC. The van der Waals surface area contributed by atoms with Crippen molar-refractivity contribution in [2.45, 2.75) is 25.3 Å². The van der Waals surface area contributed by atoms with Gasteiger partial charge in [-0.05, 0) is 25.0 Å². The van der Waals surface area contributed by atoms with Crippen molar-refractivity contribution < 1.29 is 23.8 Å². The van der Waals surface area contributed by atoms with Gasteiger partial charge in [0.05, 0.1) is 21.3 Å². The number of hydrogen-bond donors (Lipinski definition) is 2. The molecule has 1 atom stereocenters. The molecule has 126 valence electrons. The molecule has 0 spiro atoms. The first-order valence-electron chi connectivity index (χ1n) is 7.46. The summed E-state index contributed by atoms with van der Waals surface area (Å²) < 4.78 is 15.7. The van der Waals surface area contributed by atoms with Gasteiger partial charge in [0.15, 0.2) is 11.5 Å². The van der Waals surface area contributed by atoms with Crippen LogP contribution in [-0.2, 0) is 4.79 Å². The van der Waals surface area contributed by atoms with Gasteiger partial charge in [0, 0.05) is 24.6 Å². The second-order valence-corrected chi connectivity index (χ2v) is 5.28. The Morgan fingerprint density at radius 2 is 1.83 bits per heavy atom. The number of hydrogen-bond acceptors (Lipinski definition) is 5. The zero-order chi connectivity index (χ0) is 16.8. The van der Waals surface area contributed by atoms with Crippen LogP contribution in [0.25, 0.3) is 0 Å². The minimum Gasteiger partial charge on any atom is -0.493 e.